The van der Waals surface area contributed by atoms with Crippen molar-refractivity contribution in [2.75, 3.05) is 20.2 Å². The maximum absolute atomic E-state index is 11.2. The van der Waals surface area contributed by atoms with Crippen molar-refractivity contribution in [1.29, 1.82) is 0 Å². The number of rotatable bonds is 5. The number of methoxy groups -OCH3 is 1. The van der Waals surface area contributed by atoms with Crippen LogP contribution in [0.1, 0.15) is 21.4 Å². The molecule has 0 radical (unpaired) electrons. The van der Waals surface area contributed by atoms with Gasteiger partial charge >= 0.3 is 5.97 Å². The van der Waals surface area contributed by atoms with E-state index in [4.69, 9.17) is 15.3 Å². The highest BCUT2D eigenvalue weighted by Gasteiger charge is 2.03. The van der Waals surface area contributed by atoms with Crippen LogP contribution in [0.15, 0.2) is 24.3 Å². The van der Waals surface area contributed by atoms with Gasteiger partial charge in [-0.1, -0.05) is 12.1 Å². The highest BCUT2D eigenvalue weighted by molar-refractivity contribution is 5.89. The first-order valence-electron chi connectivity index (χ1n) is 6.21. The number of hydrogen-bond donors (Lipinski definition) is 1. The van der Waals surface area contributed by atoms with Crippen LogP contribution >= 0.6 is 0 Å². The Morgan fingerprint density at radius 2 is 2.13 bits per heavy atom. The molecule has 0 saturated heterocycles. The minimum Gasteiger partial charge on any atom is -0.465 e. The Hall–Kier alpha value is -1.39. The Bertz CT molecular complexity index is 439. The van der Waals surface area contributed by atoms with Crippen LogP contribution in [0, 0.1) is 0 Å². The first kappa shape index (κ1) is 6.98. The van der Waals surface area contributed by atoms with E-state index in [0.717, 1.165) is 0 Å². The van der Waals surface area contributed by atoms with E-state index in [9.17, 15) is 4.79 Å². The van der Waals surface area contributed by atoms with Gasteiger partial charge in [-0.25, -0.2) is 4.79 Å². The summed E-state index contributed by atoms with van der Waals surface area (Å²) >= 11 is 0. The van der Waals surface area contributed by atoms with Crippen molar-refractivity contribution >= 4 is 5.97 Å². The third-order valence-electron chi connectivity index (χ3n) is 1.73. The standard InChI is InChI=1S/C11H14O4/c1-14-11(13)10-4-2-9(3-5-10)8-15-7-6-12/h2-5,12H,6-8H2,1H3/i6D2,7D2. The molecule has 0 fully saturated rings. The zero-order chi connectivity index (χ0) is 14.7. The molecule has 1 aromatic rings. The Morgan fingerprint density at radius 3 is 2.67 bits per heavy atom. The van der Waals surface area contributed by atoms with Gasteiger partial charge in [0.2, 0.25) is 0 Å². The number of carbonyl (C=O) groups is 1. The summed E-state index contributed by atoms with van der Waals surface area (Å²) in [6, 6.07) is 6.01. The van der Waals surface area contributed by atoms with Gasteiger partial charge in [0, 0.05) is 0 Å². The van der Waals surface area contributed by atoms with Crippen LogP contribution in [-0.4, -0.2) is 31.3 Å². The summed E-state index contributed by atoms with van der Waals surface area (Å²) in [7, 11) is 1.26. The zero-order valence-electron chi connectivity index (χ0n) is 12.2. The first-order chi connectivity index (χ1) is 8.67. The Kier molecular flexibility index (Phi) is 2.87. The second-order valence-corrected chi connectivity index (χ2v) is 2.69. The van der Waals surface area contributed by atoms with Gasteiger partial charge in [-0.3, -0.25) is 0 Å². The molecule has 1 N–H and O–H groups in total. The predicted octanol–water partition coefficient (Wildman–Crippen LogP) is 0.982. The average Bonchev–Trinajstić information content (AvgIpc) is 2.35. The fourth-order valence-electron chi connectivity index (χ4n) is 1.01. The van der Waals surface area contributed by atoms with Gasteiger partial charge in [-0.05, 0) is 17.7 Å². The van der Waals surface area contributed by atoms with Gasteiger partial charge in [0.15, 0.2) is 0 Å². The van der Waals surface area contributed by atoms with Gasteiger partial charge in [0.25, 0.3) is 0 Å². The third-order valence-corrected chi connectivity index (χ3v) is 1.73. The van der Waals surface area contributed by atoms with E-state index in [2.05, 4.69) is 4.74 Å². The molecule has 0 bridgehead atoms. The minimum absolute atomic E-state index is 0.242. The maximum atomic E-state index is 11.2. The zero-order valence-corrected chi connectivity index (χ0v) is 8.19. The second-order valence-electron chi connectivity index (χ2n) is 2.69. The highest BCUT2D eigenvalue weighted by atomic mass is 16.5. The molecule has 0 aliphatic carbocycles. The van der Waals surface area contributed by atoms with Crippen LogP contribution in [-0.2, 0) is 16.1 Å². The molecule has 0 aliphatic heterocycles. The summed E-state index contributed by atoms with van der Waals surface area (Å²) < 4.78 is 37.4. The molecule has 0 amide bonds. The van der Waals surface area contributed by atoms with Crippen LogP contribution in [0.2, 0.25) is 0 Å². The molecule has 0 aromatic heterocycles. The highest BCUT2D eigenvalue weighted by Crippen LogP contribution is 2.06. The van der Waals surface area contributed by atoms with Gasteiger partial charge in [-0.15, -0.1) is 0 Å². The van der Waals surface area contributed by atoms with Crippen LogP contribution in [0.4, 0.5) is 0 Å². The summed E-state index contributed by atoms with van der Waals surface area (Å²) in [5, 5.41) is 8.94. The van der Waals surface area contributed by atoms with E-state index >= 15 is 0 Å². The fraction of sp³-hybridized carbons (Fsp3) is 0.364. The molecule has 0 heterocycles. The van der Waals surface area contributed by atoms with Crippen molar-refractivity contribution < 1.29 is 24.9 Å². The van der Waals surface area contributed by atoms with Gasteiger partial charge in [0.1, 0.15) is 0 Å². The largest absolute Gasteiger partial charge is 0.465 e. The number of ether oxygens (including phenoxy) is 2. The van der Waals surface area contributed by atoms with Crippen molar-refractivity contribution in [3.63, 3.8) is 0 Å². The molecular formula is C11H14O4. The summed E-state index contributed by atoms with van der Waals surface area (Å²) in [6.07, 6.45) is 0. The van der Waals surface area contributed by atoms with Gasteiger partial charge in [0.05, 0.1) is 37.9 Å². The van der Waals surface area contributed by atoms with Crippen LogP contribution in [0.5, 0.6) is 0 Å². The Morgan fingerprint density at radius 1 is 1.47 bits per heavy atom. The SMILES string of the molecule is [2H]C([2H])(O)C([2H])([2H])OCc1ccc(C(=O)OC)cc1. The summed E-state index contributed by atoms with van der Waals surface area (Å²) in [4.78, 5) is 11.2. The molecule has 0 aliphatic rings. The van der Waals surface area contributed by atoms with Crippen LogP contribution in [0.3, 0.4) is 0 Å². The average molecular weight is 214 g/mol. The summed E-state index contributed by atoms with van der Waals surface area (Å²) in [5.74, 6) is -0.491. The van der Waals surface area contributed by atoms with Crippen molar-refractivity contribution in [3.8, 4) is 0 Å². The lowest BCUT2D eigenvalue weighted by Gasteiger charge is -2.03. The smallest absolute Gasteiger partial charge is 0.337 e. The molecule has 1 aromatic carbocycles. The number of hydrogen-bond acceptors (Lipinski definition) is 4. The lowest BCUT2D eigenvalue weighted by atomic mass is 10.1. The fourth-order valence-corrected chi connectivity index (χ4v) is 1.01. The van der Waals surface area contributed by atoms with E-state index < -0.39 is 19.1 Å². The topological polar surface area (TPSA) is 55.8 Å². The van der Waals surface area contributed by atoms with Crippen molar-refractivity contribution in [2.45, 2.75) is 6.61 Å². The Labute approximate surface area is 94.1 Å². The monoisotopic (exact) mass is 214 g/mol. The molecule has 4 heteroatoms. The predicted molar refractivity (Wildman–Crippen MR) is 54.5 cm³/mol. The van der Waals surface area contributed by atoms with E-state index in [0.29, 0.717) is 11.1 Å². The van der Waals surface area contributed by atoms with E-state index in [1.54, 1.807) is 0 Å². The summed E-state index contributed by atoms with van der Waals surface area (Å²) in [5.41, 5.74) is 0.868. The molecule has 1 rings (SSSR count). The van der Waals surface area contributed by atoms with Crippen molar-refractivity contribution in [2.24, 2.45) is 0 Å². The first-order valence-corrected chi connectivity index (χ1v) is 4.21. The normalized spacial score (nSPS) is 15.9. The summed E-state index contributed by atoms with van der Waals surface area (Å²) in [6.45, 7) is -6.17. The second kappa shape index (κ2) is 6.16. The Balaban J connectivity index is 2.67. The van der Waals surface area contributed by atoms with Crippen molar-refractivity contribution in [1.82, 2.24) is 0 Å². The van der Waals surface area contributed by atoms with Crippen molar-refractivity contribution in [3.05, 3.63) is 35.4 Å². The molecule has 82 valence electrons. The molecule has 0 unspecified atom stereocenters. The van der Waals surface area contributed by atoms with Crippen LogP contribution in [0.25, 0.3) is 0 Å². The molecule has 4 nitrogen and oxygen atoms in total. The lowest BCUT2D eigenvalue weighted by molar-refractivity contribution is 0.0600. The maximum Gasteiger partial charge on any atom is 0.337 e. The molecule has 15 heavy (non-hydrogen) atoms. The van der Waals surface area contributed by atoms with E-state index in [1.807, 2.05) is 0 Å². The van der Waals surface area contributed by atoms with E-state index in [1.165, 1.54) is 31.4 Å². The van der Waals surface area contributed by atoms with Gasteiger partial charge in [-0.2, -0.15) is 0 Å². The number of aliphatic hydroxyl groups is 1. The third kappa shape index (κ3) is 3.69. The molecular weight excluding hydrogens is 196 g/mol. The lowest BCUT2D eigenvalue weighted by Crippen LogP contribution is -2.02. The quantitative estimate of drug-likeness (QED) is 0.742. The number of esters is 1. The molecule has 0 atom stereocenters. The molecule has 0 spiro atoms. The van der Waals surface area contributed by atoms with Crippen LogP contribution < -0.4 is 0 Å². The van der Waals surface area contributed by atoms with Gasteiger partial charge < -0.3 is 14.6 Å². The molecule has 0 saturated carbocycles. The van der Waals surface area contributed by atoms with E-state index in [-0.39, 0.29) is 6.61 Å². The minimum atomic E-state index is -3.10. The number of benzene rings is 1. The number of carbonyl (C=O) groups excluding carboxylic acids is 1.